The van der Waals surface area contributed by atoms with Crippen molar-refractivity contribution in [3.63, 3.8) is 0 Å². The topological polar surface area (TPSA) is 65.4 Å². The molecule has 0 radical (unpaired) electrons. The third kappa shape index (κ3) is 2.59. The maximum absolute atomic E-state index is 8.94. The Hall–Kier alpha value is -3.37. The highest BCUT2D eigenvalue weighted by atomic mass is 15.0. The Morgan fingerprint density at radius 3 is 2.59 bits per heavy atom. The first-order chi connectivity index (χ1) is 10.8. The van der Waals surface area contributed by atoms with Gasteiger partial charge in [0.25, 0.3) is 0 Å². The highest BCUT2D eigenvalue weighted by Gasteiger charge is 2.09. The van der Waals surface area contributed by atoms with Crippen LogP contribution in [0.4, 0.5) is 0 Å². The Morgan fingerprint density at radius 2 is 1.86 bits per heavy atom. The van der Waals surface area contributed by atoms with E-state index in [1.165, 1.54) is 5.56 Å². The molecule has 0 atom stereocenters. The molecule has 0 aliphatic heterocycles. The number of benzene rings is 1. The summed E-state index contributed by atoms with van der Waals surface area (Å²) in [6.07, 6.45) is 5.28. The van der Waals surface area contributed by atoms with E-state index in [-0.39, 0.29) is 5.57 Å². The molecule has 22 heavy (non-hydrogen) atoms. The van der Waals surface area contributed by atoms with Crippen molar-refractivity contribution in [2.24, 2.45) is 0 Å². The van der Waals surface area contributed by atoms with Gasteiger partial charge in [-0.3, -0.25) is 0 Å². The number of allylic oxidation sites excluding steroid dienone is 1. The second-order valence-corrected chi connectivity index (χ2v) is 4.85. The largest absolute Gasteiger partial charge is 0.327 e. The van der Waals surface area contributed by atoms with Gasteiger partial charge in [0.05, 0.1) is 0 Å². The summed E-state index contributed by atoms with van der Waals surface area (Å²) in [4.78, 5) is 4.42. The Bertz CT molecular complexity index is 905. The number of nitriles is 2. The van der Waals surface area contributed by atoms with E-state index in [4.69, 9.17) is 10.5 Å². The molecular weight excluding hydrogens is 272 g/mol. The first kappa shape index (κ1) is 13.6. The van der Waals surface area contributed by atoms with Crippen molar-refractivity contribution in [3.8, 4) is 12.1 Å². The second kappa shape index (κ2) is 5.95. The molecule has 0 N–H and O–H groups in total. The zero-order valence-corrected chi connectivity index (χ0v) is 11.8. The molecule has 2 heterocycles. The average Bonchev–Trinajstić information content (AvgIpc) is 2.91. The molecule has 0 amide bonds. The number of aromatic nitrogens is 2. The SMILES string of the molecule is N#CC(C#N)=Cc1cn(Cc2ccccc2)c2ncccc12. The van der Waals surface area contributed by atoms with Crippen LogP contribution in [0.15, 0.2) is 60.4 Å². The molecule has 4 heteroatoms. The standard InChI is InChI=1S/C18H12N4/c19-10-15(11-20)9-16-13-22(12-14-5-2-1-3-6-14)18-17(16)7-4-8-21-18/h1-9,13H,12H2. The Kier molecular flexibility index (Phi) is 3.68. The summed E-state index contributed by atoms with van der Waals surface area (Å²) in [6, 6.07) is 17.7. The van der Waals surface area contributed by atoms with Crippen LogP contribution in [0.25, 0.3) is 17.1 Å². The maximum Gasteiger partial charge on any atom is 0.140 e. The fourth-order valence-corrected chi connectivity index (χ4v) is 2.41. The highest BCUT2D eigenvalue weighted by Crippen LogP contribution is 2.22. The minimum Gasteiger partial charge on any atom is -0.327 e. The van der Waals surface area contributed by atoms with Crippen molar-refractivity contribution in [2.75, 3.05) is 0 Å². The van der Waals surface area contributed by atoms with Crippen LogP contribution in [0.3, 0.4) is 0 Å². The molecule has 0 unspecified atom stereocenters. The van der Waals surface area contributed by atoms with E-state index in [2.05, 4.69) is 17.1 Å². The summed E-state index contributed by atoms with van der Waals surface area (Å²) in [5.74, 6) is 0. The van der Waals surface area contributed by atoms with Gasteiger partial charge in [0.15, 0.2) is 0 Å². The second-order valence-electron chi connectivity index (χ2n) is 4.85. The molecule has 0 fully saturated rings. The van der Waals surface area contributed by atoms with E-state index in [1.807, 2.05) is 53.2 Å². The third-order valence-electron chi connectivity index (χ3n) is 3.40. The number of hydrogen-bond donors (Lipinski definition) is 0. The molecule has 2 aromatic heterocycles. The normalized spacial score (nSPS) is 9.91. The lowest BCUT2D eigenvalue weighted by Crippen LogP contribution is -1.98. The molecule has 0 bridgehead atoms. The van der Waals surface area contributed by atoms with Crippen LogP contribution in [0.1, 0.15) is 11.1 Å². The summed E-state index contributed by atoms with van der Waals surface area (Å²) in [6.45, 7) is 0.691. The van der Waals surface area contributed by atoms with Crippen molar-refractivity contribution in [3.05, 3.63) is 71.6 Å². The maximum atomic E-state index is 8.94. The third-order valence-corrected chi connectivity index (χ3v) is 3.40. The van der Waals surface area contributed by atoms with Crippen LogP contribution >= 0.6 is 0 Å². The van der Waals surface area contributed by atoms with Gasteiger partial charge >= 0.3 is 0 Å². The molecule has 4 nitrogen and oxygen atoms in total. The van der Waals surface area contributed by atoms with Crippen LogP contribution in [0, 0.1) is 22.7 Å². The van der Waals surface area contributed by atoms with Crippen molar-refractivity contribution in [1.82, 2.24) is 9.55 Å². The molecule has 0 spiro atoms. The predicted molar refractivity (Wildman–Crippen MR) is 84.5 cm³/mol. The molecule has 0 saturated heterocycles. The molecule has 1 aromatic carbocycles. The predicted octanol–water partition coefficient (Wildman–Crippen LogP) is 3.52. The Balaban J connectivity index is 2.11. The van der Waals surface area contributed by atoms with Crippen molar-refractivity contribution >= 4 is 17.1 Å². The Morgan fingerprint density at radius 1 is 1.09 bits per heavy atom. The quantitative estimate of drug-likeness (QED) is 0.691. The molecule has 3 aromatic rings. The van der Waals surface area contributed by atoms with E-state index >= 15 is 0 Å². The molecule has 0 saturated carbocycles. The van der Waals surface area contributed by atoms with Gasteiger partial charge in [0, 0.05) is 29.9 Å². The molecule has 0 aliphatic rings. The highest BCUT2D eigenvalue weighted by molar-refractivity contribution is 5.88. The molecule has 104 valence electrons. The van der Waals surface area contributed by atoms with Gasteiger partial charge in [-0.25, -0.2) is 4.98 Å². The van der Waals surface area contributed by atoms with Gasteiger partial charge in [-0.2, -0.15) is 10.5 Å². The fraction of sp³-hybridized carbons (Fsp3) is 0.0556. The molecular formula is C18H12N4. The number of fused-ring (bicyclic) bond motifs is 1. The monoisotopic (exact) mass is 284 g/mol. The zero-order valence-electron chi connectivity index (χ0n) is 11.8. The lowest BCUT2D eigenvalue weighted by molar-refractivity contribution is 0.824. The summed E-state index contributed by atoms with van der Waals surface area (Å²) >= 11 is 0. The van der Waals surface area contributed by atoms with Gasteiger partial charge in [0.2, 0.25) is 0 Å². The zero-order chi connectivity index (χ0) is 15.4. The van der Waals surface area contributed by atoms with Gasteiger partial charge in [-0.1, -0.05) is 30.3 Å². The van der Waals surface area contributed by atoms with E-state index in [1.54, 1.807) is 12.3 Å². The van der Waals surface area contributed by atoms with Crippen LogP contribution in [-0.4, -0.2) is 9.55 Å². The lowest BCUT2D eigenvalue weighted by Gasteiger charge is -2.04. The van der Waals surface area contributed by atoms with Crippen LogP contribution in [-0.2, 0) is 6.54 Å². The number of pyridine rings is 1. The smallest absolute Gasteiger partial charge is 0.140 e. The summed E-state index contributed by atoms with van der Waals surface area (Å²) in [7, 11) is 0. The van der Waals surface area contributed by atoms with Crippen LogP contribution < -0.4 is 0 Å². The number of hydrogen-bond acceptors (Lipinski definition) is 3. The van der Waals surface area contributed by atoms with Crippen molar-refractivity contribution in [2.45, 2.75) is 6.54 Å². The summed E-state index contributed by atoms with van der Waals surface area (Å²) < 4.78 is 2.03. The van der Waals surface area contributed by atoms with Crippen LogP contribution in [0.5, 0.6) is 0 Å². The molecule has 0 aliphatic carbocycles. The average molecular weight is 284 g/mol. The minimum atomic E-state index is 0.0858. The lowest BCUT2D eigenvalue weighted by atomic mass is 10.1. The van der Waals surface area contributed by atoms with Gasteiger partial charge < -0.3 is 4.57 Å². The minimum absolute atomic E-state index is 0.0858. The fourth-order valence-electron chi connectivity index (χ4n) is 2.41. The van der Waals surface area contributed by atoms with Gasteiger partial charge in [0.1, 0.15) is 23.4 Å². The van der Waals surface area contributed by atoms with Crippen LogP contribution in [0.2, 0.25) is 0 Å². The van der Waals surface area contributed by atoms with E-state index in [9.17, 15) is 0 Å². The Labute approximate surface area is 128 Å². The van der Waals surface area contributed by atoms with Gasteiger partial charge in [-0.05, 0) is 23.8 Å². The van der Waals surface area contributed by atoms with E-state index < -0.39 is 0 Å². The van der Waals surface area contributed by atoms with Gasteiger partial charge in [-0.15, -0.1) is 0 Å². The van der Waals surface area contributed by atoms with Crippen molar-refractivity contribution < 1.29 is 0 Å². The first-order valence-corrected chi connectivity index (χ1v) is 6.81. The molecule has 3 rings (SSSR count). The van der Waals surface area contributed by atoms with E-state index in [0.29, 0.717) is 6.54 Å². The summed E-state index contributed by atoms with van der Waals surface area (Å²) in [5, 5.41) is 18.8. The number of rotatable bonds is 3. The summed E-state index contributed by atoms with van der Waals surface area (Å²) in [5.41, 5.74) is 2.92. The first-order valence-electron chi connectivity index (χ1n) is 6.81. The van der Waals surface area contributed by atoms with Crippen molar-refractivity contribution in [1.29, 1.82) is 10.5 Å². The van der Waals surface area contributed by atoms with E-state index in [0.717, 1.165) is 16.6 Å². The number of nitrogens with zero attached hydrogens (tertiary/aromatic N) is 4.